The Morgan fingerprint density at radius 1 is 1.70 bits per heavy atom. The zero-order valence-corrected chi connectivity index (χ0v) is 6.38. The van der Waals surface area contributed by atoms with Crippen LogP contribution in [0.25, 0.3) is 0 Å². The van der Waals surface area contributed by atoms with E-state index in [1.54, 1.807) is 0 Å². The maximum atomic E-state index is 8.90. The van der Waals surface area contributed by atoms with E-state index in [0.29, 0.717) is 18.4 Å². The molecule has 0 spiro atoms. The molecule has 0 bridgehead atoms. The average Bonchev–Trinajstić information content (AvgIpc) is 2.36. The van der Waals surface area contributed by atoms with Crippen LogP contribution in [0.2, 0.25) is 0 Å². The van der Waals surface area contributed by atoms with Gasteiger partial charge in [-0.25, -0.2) is 0 Å². The third-order valence-electron chi connectivity index (χ3n) is 2.10. The van der Waals surface area contributed by atoms with Crippen molar-refractivity contribution in [3.8, 4) is 0 Å². The molecule has 0 aromatic rings. The van der Waals surface area contributed by atoms with Gasteiger partial charge in [0.05, 0.1) is 0 Å². The highest BCUT2D eigenvalue weighted by Gasteiger charge is 2.20. The van der Waals surface area contributed by atoms with Gasteiger partial charge in [0.2, 0.25) is 0 Å². The molecule has 2 atom stereocenters. The van der Waals surface area contributed by atoms with Crippen LogP contribution < -0.4 is 5.32 Å². The predicted octanol–water partition coefficient (Wildman–Crippen LogP) is 0.390. The highest BCUT2D eigenvalue weighted by atomic mass is 16.3. The van der Waals surface area contributed by atoms with Gasteiger partial charge in [-0.2, -0.15) is 0 Å². The Bertz CT molecular complexity index is 122. The molecule has 10 heavy (non-hydrogen) atoms. The molecule has 1 aliphatic rings. The van der Waals surface area contributed by atoms with Crippen LogP contribution in [0.3, 0.4) is 0 Å². The second kappa shape index (κ2) is 3.74. The summed E-state index contributed by atoms with van der Waals surface area (Å²) in [5.74, 6) is 1.02. The van der Waals surface area contributed by atoms with Gasteiger partial charge in [-0.3, -0.25) is 0 Å². The van der Waals surface area contributed by atoms with Crippen molar-refractivity contribution in [2.45, 2.75) is 6.42 Å². The Kier molecular flexibility index (Phi) is 2.90. The lowest BCUT2D eigenvalue weighted by Crippen LogP contribution is -2.23. The first-order valence-electron chi connectivity index (χ1n) is 3.80. The van der Waals surface area contributed by atoms with Crippen molar-refractivity contribution >= 4 is 0 Å². The summed E-state index contributed by atoms with van der Waals surface area (Å²) in [6, 6.07) is 0. The summed E-state index contributed by atoms with van der Waals surface area (Å²) in [6.07, 6.45) is 5.39. The van der Waals surface area contributed by atoms with E-state index in [0.717, 1.165) is 13.0 Å². The number of nitrogens with one attached hydrogen (secondary N) is 1. The molecule has 0 aromatic heterocycles. The van der Waals surface area contributed by atoms with Gasteiger partial charge in [-0.05, 0) is 25.3 Å². The molecule has 1 aliphatic carbocycles. The number of allylic oxidation sites excluding steroid dienone is 1. The molecule has 0 fully saturated rings. The van der Waals surface area contributed by atoms with Crippen LogP contribution in [0, 0.1) is 11.8 Å². The fourth-order valence-electron chi connectivity index (χ4n) is 1.44. The molecule has 1 rings (SSSR count). The summed E-state index contributed by atoms with van der Waals surface area (Å²) in [5, 5.41) is 12.0. The van der Waals surface area contributed by atoms with Crippen molar-refractivity contribution in [3.05, 3.63) is 12.2 Å². The van der Waals surface area contributed by atoms with E-state index >= 15 is 0 Å². The van der Waals surface area contributed by atoms with Gasteiger partial charge in [0, 0.05) is 13.2 Å². The van der Waals surface area contributed by atoms with Crippen molar-refractivity contribution in [1.29, 1.82) is 0 Å². The minimum atomic E-state index is 0.319. The van der Waals surface area contributed by atoms with Crippen LogP contribution in [0.1, 0.15) is 6.42 Å². The second-order valence-electron chi connectivity index (χ2n) is 2.83. The molecule has 0 amide bonds. The summed E-state index contributed by atoms with van der Waals surface area (Å²) < 4.78 is 0. The molecular formula is C8H15NO. The fraction of sp³-hybridized carbons (Fsp3) is 0.750. The van der Waals surface area contributed by atoms with Gasteiger partial charge in [0.1, 0.15) is 0 Å². The van der Waals surface area contributed by atoms with E-state index < -0.39 is 0 Å². The highest BCUT2D eigenvalue weighted by Crippen LogP contribution is 2.23. The molecule has 58 valence electrons. The van der Waals surface area contributed by atoms with Crippen molar-refractivity contribution in [2.24, 2.45) is 11.8 Å². The van der Waals surface area contributed by atoms with Crippen LogP contribution in [0.15, 0.2) is 12.2 Å². The van der Waals surface area contributed by atoms with E-state index in [-0.39, 0.29) is 0 Å². The Balaban J connectivity index is 2.33. The Morgan fingerprint density at radius 3 is 3.10 bits per heavy atom. The van der Waals surface area contributed by atoms with Crippen LogP contribution in [0.5, 0.6) is 0 Å². The SMILES string of the molecule is CNCC1C=CCC1CO. The monoisotopic (exact) mass is 141 g/mol. The van der Waals surface area contributed by atoms with Crippen molar-refractivity contribution in [2.75, 3.05) is 20.2 Å². The molecular weight excluding hydrogens is 126 g/mol. The number of aliphatic hydroxyl groups is 1. The summed E-state index contributed by atoms with van der Waals surface area (Å²) in [4.78, 5) is 0. The molecule has 2 N–H and O–H groups in total. The standard InChI is InChI=1S/C8H15NO/c1-9-5-7-3-2-4-8(7)6-10/h2-3,7-10H,4-6H2,1H3. The maximum Gasteiger partial charge on any atom is 0.0468 e. The number of hydrogen-bond acceptors (Lipinski definition) is 2. The second-order valence-corrected chi connectivity index (χ2v) is 2.83. The lowest BCUT2D eigenvalue weighted by molar-refractivity contribution is 0.202. The number of aliphatic hydroxyl groups excluding tert-OH is 1. The number of rotatable bonds is 3. The summed E-state index contributed by atoms with van der Waals surface area (Å²) in [7, 11) is 1.95. The Labute approximate surface area is 61.9 Å². The molecule has 0 aliphatic heterocycles. The van der Waals surface area contributed by atoms with Gasteiger partial charge in [-0.1, -0.05) is 12.2 Å². The lowest BCUT2D eigenvalue weighted by atomic mass is 9.97. The maximum absolute atomic E-state index is 8.90. The predicted molar refractivity (Wildman–Crippen MR) is 41.7 cm³/mol. The zero-order valence-electron chi connectivity index (χ0n) is 6.38. The van der Waals surface area contributed by atoms with Crippen LogP contribution in [0.4, 0.5) is 0 Å². The van der Waals surface area contributed by atoms with Gasteiger partial charge in [0.15, 0.2) is 0 Å². The van der Waals surface area contributed by atoms with Crippen molar-refractivity contribution in [1.82, 2.24) is 5.32 Å². The van der Waals surface area contributed by atoms with Gasteiger partial charge in [0.25, 0.3) is 0 Å². The number of hydrogen-bond donors (Lipinski definition) is 2. The summed E-state index contributed by atoms with van der Waals surface area (Å²) in [5.41, 5.74) is 0. The summed E-state index contributed by atoms with van der Waals surface area (Å²) >= 11 is 0. The highest BCUT2D eigenvalue weighted by molar-refractivity contribution is 5.01. The quantitative estimate of drug-likeness (QED) is 0.557. The van der Waals surface area contributed by atoms with Gasteiger partial charge < -0.3 is 10.4 Å². The smallest absolute Gasteiger partial charge is 0.0468 e. The van der Waals surface area contributed by atoms with Crippen LogP contribution in [-0.4, -0.2) is 25.3 Å². The topological polar surface area (TPSA) is 32.3 Å². The Hall–Kier alpha value is -0.340. The lowest BCUT2D eigenvalue weighted by Gasteiger charge is -2.15. The van der Waals surface area contributed by atoms with Crippen molar-refractivity contribution < 1.29 is 5.11 Å². The Morgan fingerprint density at radius 2 is 2.50 bits per heavy atom. The third kappa shape index (κ3) is 1.58. The molecule has 0 aromatic carbocycles. The average molecular weight is 141 g/mol. The molecule has 0 heterocycles. The van der Waals surface area contributed by atoms with Crippen molar-refractivity contribution in [3.63, 3.8) is 0 Å². The molecule has 0 saturated carbocycles. The van der Waals surface area contributed by atoms with E-state index in [9.17, 15) is 0 Å². The van der Waals surface area contributed by atoms with E-state index in [1.807, 2.05) is 7.05 Å². The molecule has 0 saturated heterocycles. The first kappa shape index (κ1) is 7.76. The zero-order chi connectivity index (χ0) is 7.40. The summed E-state index contributed by atoms with van der Waals surface area (Å²) in [6.45, 7) is 1.31. The molecule has 2 nitrogen and oxygen atoms in total. The fourth-order valence-corrected chi connectivity index (χ4v) is 1.44. The van der Waals surface area contributed by atoms with Crippen LogP contribution >= 0.6 is 0 Å². The first-order chi connectivity index (χ1) is 4.88. The molecule has 2 heteroatoms. The largest absolute Gasteiger partial charge is 0.396 e. The van der Waals surface area contributed by atoms with Crippen LogP contribution in [-0.2, 0) is 0 Å². The van der Waals surface area contributed by atoms with Gasteiger partial charge in [-0.15, -0.1) is 0 Å². The molecule has 2 unspecified atom stereocenters. The minimum absolute atomic E-state index is 0.319. The molecule has 0 radical (unpaired) electrons. The minimum Gasteiger partial charge on any atom is -0.396 e. The third-order valence-corrected chi connectivity index (χ3v) is 2.10. The first-order valence-corrected chi connectivity index (χ1v) is 3.80. The van der Waals surface area contributed by atoms with E-state index in [1.165, 1.54) is 0 Å². The van der Waals surface area contributed by atoms with E-state index in [2.05, 4.69) is 17.5 Å². The van der Waals surface area contributed by atoms with Gasteiger partial charge >= 0.3 is 0 Å². The normalized spacial score (nSPS) is 31.4. The van der Waals surface area contributed by atoms with E-state index in [4.69, 9.17) is 5.11 Å².